The standard InChI is InChI=1S/C23H23NO5/c1-3-27-20-7-5-6-17-14-18(15-29-22(17)20)23(26)24-19-11-8-16(9-12-19)10-13-21(25)28-4-2/h5-14H,3-4,15H2,1-2H3,(H,24,26)/b13-10+. The third-order valence-electron chi connectivity index (χ3n) is 4.17. The molecule has 0 aromatic heterocycles. The SMILES string of the molecule is CCOC(=O)/C=C/c1ccc(NC(=O)C2=Cc3cccc(OCC)c3OC2)cc1. The third kappa shape index (κ3) is 5.25. The second-order valence-electron chi connectivity index (χ2n) is 6.23. The minimum Gasteiger partial charge on any atom is -0.490 e. The Morgan fingerprint density at radius 2 is 1.90 bits per heavy atom. The molecule has 1 N–H and O–H groups in total. The summed E-state index contributed by atoms with van der Waals surface area (Å²) < 4.78 is 16.2. The minimum atomic E-state index is -0.387. The highest BCUT2D eigenvalue weighted by molar-refractivity contribution is 6.07. The summed E-state index contributed by atoms with van der Waals surface area (Å²) in [5, 5.41) is 2.86. The van der Waals surface area contributed by atoms with Crippen LogP contribution >= 0.6 is 0 Å². The highest BCUT2D eigenvalue weighted by Crippen LogP contribution is 2.35. The molecule has 1 aliphatic heterocycles. The number of carbonyl (C=O) groups excluding carboxylic acids is 2. The van der Waals surface area contributed by atoms with E-state index >= 15 is 0 Å². The first-order valence-electron chi connectivity index (χ1n) is 9.46. The number of nitrogens with one attached hydrogen (secondary N) is 1. The van der Waals surface area contributed by atoms with Gasteiger partial charge in [0.05, 0.1) is 18.8 Å². The molecule has 0 aliphatic carbocycles. The van der Waals surface area contributed by atoms with Gasteiger partial charge in [0.25, 0.3) is 5.91 Å². The molecule has 29 heavy (non-hydrogen) atoms. The van der Waals surface area contributed by atoms with Gasteiger partial charge in [-0.05, 0) is 49.8 Å². The predicted molar refractivity (Wildman–Crippen MR) is 112 cm³/mol. The van der Waals surface area contributed by atoms with Gasteiger partial charge in [0, 0.05) is 17.3 Å². The summed E-state index contributed by atoms with van der Waals surface area (Å²) in [6.45, 7) is 4.72. The van der Waals surface area contributed by atoms with E-state index in [4.69, 9.17) is 14.2 Å². The number of rotatable bonds is 7. The van der Waals surface area contributed by atoms with Crippen LogP contribution in [0.4, 0.5) is 5.69 Å². The van der Waals surface area contributed by atoms with Crippen molar-refractivity contribution < 1.29 is 23.8 Å². The summed E-state index contributed by atoms with van der Waals surface area (Å²) in [5.41, 5.74) is 2.82. The molecule has 0 atom stereocenters. The largest absolute Gasteiger partial charge is 0.490 e. The lowest BCUT2D eigenvalue weighted by atomic mass is 10.1. The van der Waals surface area contributed by atoms with Gasteiger partial charge in [-0.2, -0.15) is 0 Å². The third-order valence-corrected chi connectivity index (χ3v) is 4.17. The van der Waals surface area contributed by atoms with Crippen LogP contribution < -0.4 is 14.8 Å². The molecule has 0 unspecified atom stereocenters. The number of benzene rings is 2. The number of ether oxygens (including phenoxy) is 3. The predicted octanol–water partition coefficient (Wildman–Crippen LogP) is 4.08. The topological polar surface area (TPSA) is 73.9 Å². The van der Waals surface area contributed by atoms with Gasteiger partial charge in [0.2, 0.25) is 0 Å². The fourth-order valence-corrected chi connectivity index (χ4v) is 2.82. The van der Waals surface area contributed by atoms with Gasteiger partial charge in [-0.15, -0.1) is 0 Å². The maximum Gasteiger partial charge on any atom is 0.330 e. The van der Waals surface area contributed by atoms with Gasteiger partial charge < -0.3 is 19.5 Å². The zero-order chi connectivity index (χ0) is 20.6. The maximum atomic E-state index is 12.6. The number of esters is 1. The minimum absolute atomic E-state index is 0.170. The highest BCUT2D eigenvalue weighted by Gasteiger charge is 2.20. The van der Waals surface area contributed by atoms with Crippen molar-refractivity contribution in [2.75, 3.05) is 25.1 Å². The molecule has 1 amide bonds. The van der Waals surface area contributed by atoms with Crippen molar-refractivity contribution in [3.05, 3.63) is 65.2 Å². The van der Waals surface area contributed by atoms with E-state index in [2.05, 4.69) is 5.32 Å². The van der Waals surface area contributed by atoms with Crippen molar-refractivity contribution in [1.82, 2.24) is 0 Å². The molecule has 3 rings (SSSR count). The molecule has 0 fully saturated rings. The van der Waals surface area contributed by atoms with E-state index in [-0.39, 0.29) is 18.5 Å². The molecule has 2 aromatic carbocycles. The molecule has 0 bridgehead atoms. The highest BCUT2D eigenvalue weighted by atomic mass is 16.5. The van der Waals surface area contributed by atoms with Crippen molar-refractivity contribution in [2.45, 2.75) is 13.8 Å². The summed E-state index contributed by atoms with van der Waals surface area (Å²) in [6, 6.07) is 12.8. The maximum absolute atomic E-state index is 12.6. The van der Waals surface area contributed by atoms with Crippen LogP contribution in [0.25, 0.3) is 12.2 Å². The number of para-hydroxylation sites is 1. The lowest BCUT2D eigenvalue weighted by Gasteiger charge is -2.20. The molecule has 6 heteroatoms. The Kier molecular flexibility index (Phi) is 6.68. The van der Waals surface area contributed by atoms with Crippen molar-refractivity contribution in [3.8, 4) is 11.5 Å². The van der Waals surface area contributed by atoms with E-state index < -0.39 is 0 Å². The van der Waals surface area contributed by atoms with E-state index in [0.717, 1.165) is 11.1 Å². The van der Waals surface area contributed by atoms with Crippen LogP contribution in [0.15, 0.2) is 54.1 Å². The fourth-order valence-electron chi connectivity index (χ4n) is 2.82. The van der Waals surface area contributed by atoms with Crippen molar-refractivity contribution in [1.29, 1.82) is 0 Å². The van der Waals surface area contributed by atoms with Crippen LogP contribution in [0.1, 0.15) is 25.0 Å². The summed E-state index contributed by atoms with van der Waals surface area (Å²) in [6.07, 6.45) is 4.84. The van der Waals surface area contributed by atoms with Crippen LogP contribution in [0.2, 0.25) is 0 Å². The fraction of sp³-hybridized carbons (Fsp3) is 0.217. The smallest absolute Gasteiger partial charge is 0.330 e. The van der Waals surface area contributed by atoms with E-state index in [0.29, 0.717) is 36.0 Å². The lowest BCUT2D eigenvalue weighted by Crippen LogP contribution is -2.21. The summed E-state index contributed by atoms with van der Waals surface area (Å²) in [4.78, 5) is 24.0. The second-order valence-corrected chi connectivity index (χ2v) is 6.23. The summed E-state index contributed by atoms with van der Waals surface area (Å²) in [7, 11) is 0. The molecule has 0 saturated carbocycles. The first-order valence-corrected chi connectivity index (χ1v) is 9.46. The van der Waals surface area contributed by atoms with Gasteiger partial charge in [-0.1, -0.05) is 24.3 Å². The first-order chi connectivity index (χ1) is 14.1. The average molecular weight is 393 g/mol. The molecular weight excluding hydrogens is 370 g/mol. The molecule has 2 aromatic rings. The lowest BCUT2D eigenvalue weighted by molar-refractivity contribution is -0.137. The Hall–Kier alpha value is -3.54. The number of amides is 1. The Balaban J connectivity index is 1.66. The molecule has 6 nitrogen and oxygen atoms in total. The molecule has 1 aliphatic rings. The Bertz CT molecular complexity index is 944. The van der Waals surface area contributed by atoms with Crippen LogP contribution in [-0.2, 0) is 14.3 Å². The van der Waals surface area contributed by atoms with Crippen molar-refractivity contribution >= 4 is 29.7 Å². The van der Waals surface area contributed by atoms with Crippen molar-refractivity contribution in [3.63, 3.8) is 0 Å². The number of hydrogen-bond donors (Lipinski definition) is 1. The molecule has 0 spiro atoms. The van der Waals surface area contributed by atoms with E-state index in [1.54, 1.807) is 37.3 Å². The molecule has 0 saturated heterocycles. The van der Waals surface area contributed by atoms with Crippen LogP contribution in [0.3, 0.4) is 0 Å². The van der Waals surface area contributed by atoms with Gasteiger partial charge in [0.1, 0.15) is 6.61 Å². The van der Waals surface area contributed by atoms with Gasteiger partial charge >= 0.3 is 5.97 Å². The van der Waals surface area contributed by atoms with Crippen LogP contribution in [0, 0.1) is 0 Å². The number of anilines is 1. The average Bonchev–Trinajstić information content (AvgIpc) is 2.73. The molecular formula is C23H23NO5. The van der Waals surface area contributed by atoms with E-state index in [1.807, 2.05) is 31.2 Å². The zero-order valence-corrected chi connectivity index (χ0v) is 16.4. The van der Waals surface area contributed by atoms with Gasteiger partial charge in [0.15, 0.2) is 11.5 Å². The molecule has 0 radical (unpaired) electrons. The second kappa shape index (κ2) is 9.59. The van der Waals surface area contributed by atoms with Gasteiger partial charge in [-0.25, -0.2) is 4.79 Å². The first kappa shape index (κ1) is 20.2. The zero-order valence-electron chi connectivity index (χ0n) is 16.4. The normalized spacial score (nSPS) is 12.6. The summed E-state index contributed by atoms with van der Waals surface area (Å²) in [5.74, 6) is 0.713. The monoisotopic (exact) mass is 393 g/mol. The Morgan fingerprint density at radius 1 is 1.10 bits per heavy atom. The van der Waals surface area contributed by atoms with Crippen LogP contribution in [-0.4, -0.2) is 31.7 Å². The van der Waals surface area contributed by atoms with E-state index in [9.17, 15) is 9.59 Å². The number of carbonyl (C=O) groups is 2. The molecule has 150 valence electrons. The van der Waals surface area contributed by atoms with Gasteiger partial charge in [-0.3, -0.25) is 4.79 Å². The quantitative estimate of drug-likeness (QED) is 0.567. The van der Waals surface area contributed by atoms with Crippen molar-refractivity contribution in [2.24, 2.45) is 0 Å². The Labute approximate surface area is 169 Å². The summed E-state index contributed by atoms with van der Waals surface area (Å²) >= 11 is 0. The van der Waals surface area contributed by atoms with E-state index in [1.165, 1.54) is 6.08 Å². The number of hydrogen-bond acceptors (Lipinski definition) is 5. The number of fused-ring (bicyclic) bond motifs is 1. The molecule has 1 heterocycles. The Morgan fingerprint density at radius 3 is 2.62 bits per heavy atom. The van der Waals surface area contributed by atoms with Crippen LogP contribution in [0.5, 0.6) is 11.5 Å².